The molecule has 1 atom stereocenters. The van der Waals surface area contributed by atoms with Gasteiger partial charge in [0.1, 0.15) is 12.4 Å². The van der Waals surface area contributed by atoms with Crippen molar-refractivity contribution in [2.75, 3.05) is 25.0 Å². The average Bonchev–Trinajstić information content (AvgIpc) is 2.35. The van der Waals surface area contributed by atoms with E-state index in [1.165, 1.54) is 0 Å². The third kappa shape index (κ3) is 3.90. The summed E-state index contributed by atoms with van der Waals surface area (Å²) in [6, 6.07) is 6.41. The minimum absolute atomic E-state index is 0.0299. The SMILES string of the molecule is CC(C(=O)Nc1ccc(OCC(F)F)cc1)C1CNC1. The van der Waals surface area contributed by atoms with E-state index in [1.807, 2.05) is 6.92 Å². The molecule has 0 saturated carbocycles. The number of amides is 1. The molecule has 6 heteroatoms. The Morgan fingerprint density at radius 3 is 2.55 bits per heavy atom. The molecular weight excluding hydrogens is 266 g/mol. The third-order valence-corrected chi connectivity index (χ3v) is 3.43. The van der Waals surface area contributed by atoms with Crippen LogP contribution in [0, 0.1) is 11.8 Å². The summed E-state index contributed by atoms with van der Waals surface area (Å²) in [6.07, 6.45) is -2.49. The molecule has 0 aliphatic carbocycles. The van der Waals surface area contributed by atoms with Crippen molar-refractivity contribution in [3.05, 3.63) is 24.3 Å². The van der Waals surface area contributed by atoms with E-state index in [0.717, 1.165) is 13.1 Å². The summed E-state index contributed by atoms with van der Waals surface area (Å²) in [5.41, 5.74) is 0.638. The second-order valence-corrected chi connectivity index (χ2v) is 4.92. The molecule has 0 spiro atoms. The largest absolute Gasteiger partial charge is 0.488 e. The van der Waals surface area contributed by atoms with Crippen LogP contribution in [-0.2, 0) is 4.79 Å². The molecule has 0 aromatic heterocycles. The third-order valence-electron chi connectivity index (χ3n) is 3.43. The van der Waals surface area contributed by atoms with E-state index >= 15 is 0 Å². The van der Waals surface area contributed by atoms with Crippen LogP contribution in [-0.4, -0.2) is 32.0 Å². The summed E-state index contributed by atoms with van der Waals surface area (Å²) in [5.74, 6) is 0.659. The number of rotatable bonds is 6. The maximum absolute atomic E-state index is 12.0. The van der Waals surface area contributed by atoms with Gasteiger partial charge in [-0.3, -0.25) is 4.79 Å². The van der Waals surface area contributed by atoms with Crippen LogP contribution in [0.5, 0.6) is 5.75 Å². The van der Waals surface area contributed by atoms with E-state index in [0.29, 0.717) is 17.4 Å². The van der Waals surface area contributed by atoms with Crippen molar-refractivity contribution in [2.24, 2.45) is 11.8 Å². The van der Waals surface area contributed by atoms with Crippen molar-refractivity contribution in [1.82, 2.24) is 5.32 Å². The van der Waals surface area contributed by atoms with Gasteiger partial charge in [-0.2, -0.15) is 0 Å². The zero-order chi connectivity index (χ0) is 14.5. The van der Waals surface area contributed by atoms with Crippen molar-refractivity contribution in [3.8, 4) is 5.75 Å². The quantitative estimate of drug-likeness (QED) is 0.841. The lowest BCUT2D eigenvalue weighted by Crippen LogP contribution is -2.48. The number of carbonyl (C=O) groups excluding carboxylic acids is 1. The number of hydrogen-bond acceptors (Lipinski definition) is 3. The highest BCUT2D eigenvalue weighted by Crippen LogP contribution is 2.20. The van der Waals surface area contributed by atoms with Gasteiger partial charge in [-0.15, -0.1) is 0 Å². The van der Waals surface area contributed by atoms with Crippen molar-refractivity contribution in [1.29, 1.82) is 0 Å². The van der Waals surface area contributed by atoms with Gasteiger partial charge < -0.3 is 15.4 Å². The number of nitrogens with one attached hydrogen (secondary N) is 2. The molecule has 1 aliphatic heterocycles. The molecule has 110 valence electrons. The summed E-state index contributed by atoms with van der Waals surface area (Å²) < 4.78 is 28.8. The van der Waals surface area contributed by atoms with Crippen LogP contribution < -0.4 is 15.4 Å². The maximum Gasteiger partial charge on any atom is 0.272 e. The standard InChI is InChI=1S/C14H18F2N2O2/c1-9(10-6-17-7-10)14(19)18-11-2-4-12(5-3-11)20-8-13(15)16/h2-5,9-10,13,17H,6-8H2,1H3,(H,18,19). The minimum atomic E-state index is -2.49. The van der Waals surface area contributed by atoms with Gasteiger partial charge in [0.05, 0.1) is 0 Å². The summed E-state index contributed by atoms with van der Waals surface area (Å²) >= 11 is 0. The fourth-order valence-electron chi connectivity index (χ4n) is 1.93. The Hall–Kier alpha value is -1.69. The number of ether oxygens (including phenoxy) is 1. The first-order valence-corrected chi connectivity index (χ1v) is 6.59. The van der Waals surface area contributed by atoms with E-state index in [4.69, 9.17) is 4.74 Å². The Morgan fingerprint density at radius 2 is 2.05 bits per heavy atom. The lowest BCUT2D eigenvalue weighted by atomic mass is 9.88. The monoisotopic (exact) mass is 284 g/mol. The highest BCUT2D eigenvalue weighted by Gasteiger charge is 2.28. The number of hydrogen-bond donors (Lipinski definition) is 2. The Balaban J connectivity index is 1.84. The first-order chi connectivity index (χ1) is 9.56. The molecule has 0 radical (unpaired) electrons. The average molecular weight is 284 g/mol. The Labute approximate surface area is 116 Å². The zero-order valence-electron chi connectivity index (χ0n) is 11.2. The van der Waals surface area contributed by atoms with Gasteiger partial charge in [0.25, 0.3) is 6.43 Å². The van der Waals surface area contributed by atoms with E-state index in [1.54, 1.807) is 24.3 Å². The van der Waals surface area contributed by atoms with E-state index in [9.17, 15) is 13.6 Å². The van der Waals surface area contributed by atoms with Crippen LogP contribution in [0.15, 0.2) is 24.3 Å². The normalized spacial score (nSPS) is 16.6. The second-order valence-electron chi connectivity index (χ2n) is 4.92. The van der Waals surface area contributed by atoms with Gasteiger partial charge in [0.2, 0.25) is 5.91 Å². The predicted octanol–water partition coefficient (Wildman–Crippen LogP) is 2.12. The van der Waals surface area contributed by atoms with Gasteiger partial charge in [-0.25, -0.2) is 8.78 Å². The highest BCUT2D eigenvalue weighted by molar-refractivity contribution is 5.92. The molecule has 0 bridgehead atoms. The van der Waals surface area contributed by atoms with Crippen LogP contribution in [0.1, 0.15) is 6.92 Å². The molecule has 1 heterocycles. The van der Waals surface area contributed by atoms with Crippen LogP contribution >= 0.6 is 0 Å². The molecule has 1 amide bonds. The Morgan fingerprint density at radius 1 is 1.40 bits per heavy atom. The lowest BCUT2D eigenvalue weighted by Gasteiger charge is -2.31. The van der Waals surface area contributed by atoms with Crippen molar-refractivity contribution < 1.29 is 18.3 Å². The van der Waals surface area contributed by atoms with Crippen molar-refractivity contribution in [3.63, 3.8) is 0 Å². The molecule has 1 aromatic rings. The zero-order valence-corrected chi connectivity index (χ0v) is 11.2. The molecule has 1 saturated heterocycles. The van der Waals surface area contributed by atoms with Crippen LogP contribution in [0.3, 0.4) is 0 Å². The minimum Gasteiger partial charge on any atom is -0.488 e. The smallest absolute Gasteiger partial charge is 0.272 e. The molecule has 1 fully saturated rings. The van der Waals surface area contributed by atoms with Gasteiger partial charge in [0, 0.05) is 11.6 Å². The van der Waals surface area contributed by atoms with Crippen molar-refractivity contribution in [2.45, 2.75) is 13.3 Å². The molecular formula is C14H18F2N2O2. The Bertz CT molecular complexity index is 447. The topological polar surface area (TPSA) is 50.4 Å². The Kier molecular flexibility index (Phi) is 4.89. The summed E-state index contributed by atoms with van der Waals surface area (Å²) in [4.78, 5) is 12.0. The molecule has 1 unspecified atom stereocenters. The first kappa shape index (κ1) is 14.7. The fourth-order valence-corrected chi connectivity index (χ4v) is 1.93. The summed E-state index contributed by atoms with van der Waals surface area (Å²) in [7, 11) is 0. The van der Waals surface area contributed by atoms with Crippen LogP contribution in [0.2, 0.25) is 0 Å². The lowest BCUT2D eigenvalue weighted by molar-refractivity contribution is -0.121. The van der Waals surface area contributed by atoms with Gasteiger partial charge in [-0.05, 0) is 43.3 Å². The maximum atomic E-state index is 12.0. The van der Waals surface area contributed by atoms with Gasteiger partial charge in [0.15, 0.2) is 0 Å². The molecule has 1 aliphatic rings. The van der Waals surface area contributed by atoms with E-state index in [-0.39, 0.29) is 11.8 Å². The fraction of sp³-hybridized carbons (Fsp3) is 0.500. The number of halogens is 2. The summed E-state index contributed by atoms with van der Waals surface area (Å²) in [6.45, 7) is 3.02. The number of carbonyl (C=O) groups is 1. The highest BCUT2D eigenvalue weighted by atomic mass is 19.3. The van der Waals surface area contributed by atoms with E-state index < -0.39 is 13.0 Å². The second kappa shape index (κ2) is 6.65. The van der Waals surface area contributed by atoms with E-state index in [2.05, 4.69) is 10.6 Å². The number of alkyl halides is 2. The van der Waals surface area contributed by atoms with Crippen molar-refractivity contribution >= 4 is 11.6 Å². The van der Waals surface area contributed by atoms with Gasteiger partial charge >= 0.3 is 0 Å². The molecule has 4 nitrogen and oxygen atoms in total. The molecule has 1 aromatic carbocycles. The molecule has 2 N–H and O–H groups in total. The first-order valence-electron chi connectivity index (χ1n) is 6.59. The van der Waals surface area contributed by atoms with Crippen LogP contribution in [0.25, 0.3) is 0 Å². The number of benzene rings is 1. The number of anilines is 1. The predicted molar refractivity (Wildman–Crippen MR) is 72.1 cm³/mol. The molecule has 20 heavy (non-hydrogen) atoms. The van der Waals surface area contributed by atoms with Gasteiger partial charge in [-0.1, -0.05) is 6.92 Å². The van der Waals surface area contributed by atoms with Crippen LogP contribution in [0.4, 0.5) is 14.5 Å². The molecule has 2 rings (SSSR count). The summed E-state index contributed by atoms with van der Waals surface area (Å²) in [5, 5.41) is 5.95.